The second-order valence-corrected chi connectivity index (χ2v) is 6.54. The molecule has 17 heavy (non-hydrogen) atoms. The van der Waals surface area contributed by atoms with Crippen LogP contribution in [0.25, 0.3) is 0 Å². The van der Waals surface area contributed by atoms with Gasteiger partial charge < -0.3 is 9.84 Å². The Bertz CT molecular complexity index is 378. The number of rotatable bonds is 4. The monoisotopic (exact) mass is 316 g/mol. The van der Waals surface area contributed by atoms with Gasteiger partial charge in [0.15, 0.2) is 0 Å². The Labute approximate surface area is 115 Å². The molecule has 1 N–H and O–H groups in total. The van der Waals surface area contributed by atoms with E-state index < -0.39 is 0 Å². The number of aliphatic hydroxyl groups is 1. The van der Waals surface area contributed by atoms with E-state index in [0.29, 0.717) is 11.7 Å². The fourth-order valence-electron chi connectivity index (χ4n) is 2.17. The Kier molecular flexibility index (Phi) is 4.77. The second kappa shape index (κ2) is 6.12. The Morgan fingerprint density at radius 1 is 1.59 bits per heavy atom. The van der Waals surface area contributed by atoms with E-state index in [1.165, 1.54) is 12.2 Å². The lowest BCUT2D eigenvalue weighted by Gasteiger charge is -2.18. The van der Waals surface area contributed by atoms with Crippen LogP contribution >= 0.6 is 27.7 Å². The van der Waals surface area contributed by atoms with E-state index in [-0.39, 0.29) is 6.10 Å². The lowest BCUT2D eigenvalue weighted by Crippen LogP contribution is -2.23. The van der Waals surface area contributed by atoms with E-state index in [2.05, 4.69) is 15.9 Å². The van der Waals surface area contributed by atoms with Crippen LogP contribution in [0.3, 0.4) is 0 Å². The summed E-state index contributed by atoms with van der Waals surface area (Å²) in [6.07, 6.45) is 2.75. The lowest BCUT2D eigenvalue weighted by atomic mass is 10.0. The highest BCUT2D eigenvalue weighted by molar-refractivity contribution is 9.10. The van der Waals surface area contributed by atoms with Gasteiger partial charge in [0.2, 0.25) is 0 Å². The number of methoxy groups -OCH3 is 1. The Hall–Kier alpha value is -0.190. The van der Waals surface area contributed by atoms with Crippen molar-refractivity contribution in [3.63, 3.8) is 0 Å². The van der Waals surface area contributed by atoms with Crippen molar-refractivity contribution in [3.05, 3.63) is 28.2 Å². The van der Waals surface area contributed by atoms with Crippen LogP contribution in [-0.2, 0) is 6.42 Å². The van der Waals surface area contributed by atoms with E-state index in [1.807, 2.05) is 30.0 Å². The minimum atomic E-state index is -0.273. The molecule has 1 saturated heterocycles. The summed E-state index contributed by atoms with van der Waals surface area (Å²) in [4.78, 5) is 0. The Balaban J connectivity index is 2.08. The molecular formula is C13H17BrO2S. The first kappa shape index (κ1) is 13.2. The molecule has 0 saturated carbocycles. The van der Waals surface area contributed by atoms with Crippen LogP contribution in [0.2, 0.25) is 0 Å². The normalized spacial score (nSPS) is 21.5. The topological polar surface area (TPSA) is 29.5 Å². The molecule has 1 heterocycles. The molecule has 1 aromatic carbocycles. The summed E-state index contributed by atoms with van der Waals surface area (Å²) in [5.74, 6) is 2.03. The smallest absolute Gasteiger partial charge is 0.122 e. The molecule has 0 aromatic heterocycles. The van der Waals surface area contributed by atoms with Crippen LogP contribution in [0.15, 0.2) is 22.7 Å². The molecule has 2 nitrogen and oxygen atoms in total. The predicted octanol–water partition coefficient (Wildman–Crippen LogP) is 3.26. The first-order valence-corrected chi connectivity index (χ1v) is 7.67. The van der Waals surface area contributed by atoms with Gasteiger partial charge in [-0.3, -0.25) is 0 Å². The summed E-state index contributed by atoms with van der Waals surface area (Å²) in [5, 5.41) is 10.6. The summed E-state index contributed by atoms with van der Waals surface area (Å²) in [6.45, 7) is 0. The number of ether oxygens (including phenoxy) is 1. The SMILES string of the molecule is COc1ccc(Br)cc1CC(O)C1CCCS1. The van der Waals surface area contributed by atoms with Crippen LogP contribution in [0.5, 0.6) is 5.75 Å². The average molecular weight is 317 g/mol. The summed E-state index contributed by atoms with van der Waals surface area (Å²) in [5.41, 5.74) is 1.07. The Morgan fingerprint density at radius 2 is 2.41 bits per heavy atom. The van der Waals surface area contributed by atoms with Crippen LogP contribution < -0.4 is 4.74 Å². The maximum absolute atomic E-state index is 10.2. The molecule has 0 aliphatic carbocycles. The first-order valence-electron chi connectivity index (χ1n) is 5.83. The van der Waals surface area contributed by atoms with E-state index >= 15 is 0 Å². The molecule has 0 radical (unpaired) electrons. The van der Waals surface area contributed by atoms with Crippen LogP contribution in [0, 0.1) is 0 Å². The molecular weight excluding hydrogens is 300 g/mol. The Morgan fingerprint density at radius 3 is 3.06 bits per heavy atom. The summed E-state index contributed by atoms with van der Waals surface area (Å²) >= 11 is 5.34. The molecule has 2 rings (SSSR count). The first-order chi connectivity index (χ1) is 8.20. The number of hydrogen-bond donors (Lipinski definition) is 1. The molecule has 94 valence electrons. The van der Waals surface area contributed by atoms with Crippen LogP contribution in [-0.4, -0.2) is 29.3 Å². The summed E-state index contributed by atoms with van der Waals surface area (Å²) in [7, 11) is 1.67. The fraction of sp³-hybridized carbons (Fsp3) is 0.538. The number of benzene rings is 1. The quantitative estimate of drug-likeness (QED) is 0.924. The van der Waals surface area contributed by atoms with Crippen molar-refractivity contribution in [1.82, 2.24) is 0 Å². The minimum absolute atomic E-state index is 0.273. The number of halogens is 1. The zero-order chi connectivity index (χ0) is 12.3. The van der Waals surface area contributed by atoms with Gasteiger partial charge in [-0.25, -0.2) is 0 Å². The largest absolute Gasteiger partial charge is 0.496 e. The molecule has 0 bridgehead atoms. The molecule has 2 unspecified atom stereocenters. The van der Waals surface area contributed by atoms with Gasteiger partial charge in [0.25, 0.3) is 0 Å². The van der Waals surface area contributed by atoms with Crippen molar-refractivity contribution in [2.24, 2.45) is 0 Å². The van der Waals surface area contributed by atoms with Gasteiger partial charge in [-0.05, 0) is 42.4 Å². The highest BCUT2D eigenvalue weighted by Crippen LogP contribution is 2.32. The van der Waals surface area contributed by atoms with Crippen molar-refractivity contribution in [2.45, 2.75) is 30.6 Å². The third kappa shape index (κ3) is 3.39. The second-order valence-electron chi connectivity index (χ2n) is 4.28. The van der Waals surface area contributed by atoms with Crippen molar-refractivity contribution >= 4 is 27.7 Å². The standard InChI is InChI=1S/C13H17BrO2S/c1-16-12-5-4-10(14)7-9(12)8-11(15)13-3-2-6-17-13/h4-5,7,11,13,15H,2-3,6,8H2,1H3. The third-order valence-corrected chi connectivity index (χ3v) is 5.06. The zero-order valence-electron chi connectivity index (χ0n) is 9.86. The molecule has 2 atom stereocenters. The lowest BCUT2D eigenvalue weighted by molar-refractivity contribution is 0.169. The maximum Gasteiger partial charge on any atom is 0.122 e. The number of aliphatic hydroxyl groups excluding tert-OH is 1. The minimum Gasteiger partial charge on any atom is -0.496 e. The van der Waals surface area contributed by atoms with Crippen LogP contribution in [0.4, 0.5) is 0 Å². The average Bonchev–Trinajstić information content (AvgIpc) is 2.83. The van der Waals surface area contributed by atoms with E-state index in [0.717, 1.165) is 22.2 Å². The molecule has 1 aromatic rings. The molecule has 1 aliphatic rings. The summed E-state index contributed by atoms with van der Waals surface area (Å²) < 4.78 is 6.35. The molecule has 0 amide bonds. The van der Waals surface area contributed by atoms with Gasteiger partial charge in [0.1, 0.15) is 5.75 Å². The highest BCUT2D eigenvalue weighted by Gasteiger charge is 2.24. The maximum atomic E-state index is 10.2. The van der Waals surface area contributed by atoms with Crippen molar-refractivity contribution in [3.8, 4) is 5.75 Å². The number of hydrogen-bond acceptors (Lipinski definition) is 3. The molecule has 1 aliphatic heterocycles. The van der Waals surface area contributed by atoms with E-state index in [4.69, 9.17) is 4.74 Å². The van der Waals surface area contributed by atoms with Crippen molar-refractivity contribution < 1.29 is 9.84 Å². The van der Waals surface area contributed by atoms with Gasteiger partial charge in [0, 0.05) is 16.1 Å². The number of thioether (sulfide) groups is 1. The zero-order valence-corrected chi connectivity index (χ0v) is 12.3. The summed E-state index contributed by atoms with van der Waals surface area (Å²) in [6, 6.07) is 5.93. The van der Waals surface area contributed by atoms with Crippen LogP contribution in [0.1, 0.15) is 18.4 Å². The van der Waals surface area contributed by atoms with Gasteiger partial charge in [-0.1, -0.05) is 15.9 Å². The molecule has 0 spiro atoms. The fourth-order valence-corrected chi connectivity index (χ4v) is 3.87. The van der Waals surface area contributed by atoms with Gasteiger partial charge >= 0.3 is 0 Å². The molecule has 1 fully saturated rings. The third-order valence-electron chi connectivity index (χ3n) is 3.07. The van der Waals surface area contributed by atoms with Gasteiger partial charge in [-0.15, -0.1) is 0 Å². The molecule has 4 heteroatoms. The van der Waals surface area contributed by atoms with Crippen molar-refractivity contribution in [2.75, 3.05) is 12.9 Å². The van der Waals surface area contributed by atoms with Gasteiger partial charge in [0.05, 0.1) is 13.2 Å². The highest BCUT2D eigenvalue weighted by atomic mass is 79.9. The van der Waals surface area contributed by atoms with E-state index in [1.54, 1.807) is 7.11 Å². The predicted molar refractivity (Wildman–Crippen MR) is 75.9 cm³/mol. The van der Waals surface area contributed by atoms with E-state index in [9.17, 15) is 5.11 Å². The van der Waals surface area contributed by atoms with Crippen molar-refractivity contribution in [1.29, 1.82) is 0 Å². The van der Waals surface area contributed by atoms with Gasteiger partial charge in [-0.2, -0.15) is 11.8 Å².